The second-order valence-corrected chi connectivity index (χ2v) is 6.48. The molecule has 0 unspecified atom stereocenters. The number of nitrogens with zero attached hydrogens (tertiary/aromatic N) is 3. The summed E-state index contributed by atoms with van der Waals surface area (Å²) in [5, 5.41) is 3.34. The van der Waals surface area contributed by atoms with Gasteiger partial charge >= 0.3 is 0 Å². The van der Waals surface area contributed by atoms with Crippen molar-refractivity contribution in [3.05, 3.63) is 48.3 Å². The summed E-state index contributed by atoms with van der Waals surface area (Å²) in [7, 11) is 0. The number of aliphatic imine (C=N–C) groups is 1. The molecule has 152 valence electrons. The largest absolute Gasteiger partial charge is 0.467 e. The zero-order valence-electron chi connectivity index (χ0n) is 16.3. The molecule has 1 amide bonds. The molecule has 2 aromatic rings. The molecular formula is C20H28N4O4. The molecule has 3 heterocycles. The van der Waals surface area contributed by atoms with E-state index in [1.54, 1.807) is 18.4 Å². The van der Waals surface area contributed by atoms with Gasteiger partial charge in [0.15, 0.2) is 11.7 Å². The number of ether oxygens (including phenoxy) is 1. The number of nitrogens with one attached hydrogen (secondary N) is 1. The van der Waals surface area contributed by atoms with Crippen molar-refractivity contribution in [2.45, 2.75) is 20.0 Å². The lowest BCUT2D eigenvalue weighted by Gasteiger charge is -2.36. The van der Waals surface area contributed by atoms with Crippen LogP contribution in [0.2, 0.25) is 0 Å². The summed E-state index contributed by atoms with van der Waals surface area (Å²) in [5.41, 5.74) is 0. The smallest absolute Gasteiger partial charge is 0.289 e. The molecular weight excluding hydrogens is 360 g/mol. The van der Waals surface area contributed by atoms with Crippen LogP contribution in [0, 0.1) is 0 Å². The van der Waals surface area contributed by atoms with Gasteiger partial charge in [0.1, 0.15) is 12.4 Å². The minimum Gasteiger partial charge on any atom is -0.467 e. The molecule has 0 spiro atoms. The van der Waals surface area contributed by atoms with E-state index in [1.165, 1.54) is 6.26 Å². The molecule has 0 aromatic carbocycles. The van der Waals surface area contributed by atoms with E-state index in [0.29, 0.717) is 38.6 Å². The van der Waals surface area contributed by atoms with Crippen LogP contribution in [0.4, 0.5) is 0 Å². The van der Waals surface area contributed by atoms with Gasteiger partial charge in [0.25, 0.3) is 5.91 Å². The zero-order valence-corrected chi connectivity index (χ0v) is 16.3. The maximum atomic E-state index is 12.4. The van der Waals surface area contributed by atoms with Crippen molar-refractivity contribution in [2.75, 3.05) is 45.9 Å². The fourth-order valence-corrected chi connectivity index (χ4v) is 3.02. The highest BCUT2D eigenvalue weighted by atomic mass is 16.5. The average Bonchev–Trinajstić information content (AvgIpc) is 3.43. The Morgan fingerprint density at radius 1 is 1.14 bits per heavy atom. The van der Waals surface area contributed by atoms with Gasteiger partial charge in [0.2, 0.25) is 0 Å². The number of hydrogen-bond donors (Lipinski definition) is 1. The number of carbonyl (C=O) groups excluding carboxylic acids is 1. The molecule has 1 aliphatic rings. The molecule has 2 aromatic heterocycles. The maximum Gasteiger partial charge on any atom is 0.289 e. The van der Waals surface area contributed by atoms with Crippen LogP contribution in [0.5, 0.6) is 0 Å². The van der Waals surface area contributed by atoms with Gasteiger partial charge in [-0.25, -0.2) is 0 Å². The maximum absolute atomic E-state index is 12.4. The third-order valence-electron chi connectivity index (χ3n) is 4.47. The normalized spacial score (nSPS) is 15.1. The molecule has 3 rings (SSSR count). The van der Waals surface area contributed by atoms with Crippen LogP contribution < -0.4 is 5.32 Å². The lowest BCUT2D eigenvalue weighted by atomic mass is 10.3. The minimum atomic E-state index is -0.0553. The molecule has 1 aliphatic heterocycles. The van der Waals surface area contributed by atoms with E-state index < -0.39 is 0 Å². The van der Waals surface area contributed by atoms with Crippen LogP contribution in [-0.4, -0.2) is 67.5 Å². The quantitative estimate of drug-likeness (QED) is 0.424. The Kier molecular flexibility index (Phi) is 7.54. The predicted octanol–water partition coefficient (Wildman–Crippen LogP) is 2.20. The average molecular weight is 388 g/mol. The van der Waals surface area contributed by atoms with Crippen molar-refractivity contribution in [1.82, 2.24) is 15.1 Å². The first kappa shape index (κ1) is 20.0. The Labute approximate surface area is 165 Å². The Morgan fingerprint density at radius 2 is 1.89 bits per heavy atom. The predicted molar refractivity (Wildman–Crippen MR) is 105 cm³/mol. The van der Waals surface area contributed by atoms with Crippen molar-refractivity contribution in [3.8, 4) is 0 Å². The van der Waals surface area contributed by atoms with Gasteiger partial charge in [-0.1, -0.05) is 0 Å². The molecule has 0 saturated carbocycles. The fourth-order valence-electron chi connectivity index (χ4n) is 3.02. The van der Waals surface area contributed by atoms with Gasteiger partial charge in [-0.3, -0.25) is 9.79 Å². The Hall–Kier alpha value is -2.74. The topological polar surface area (TPSA) is 83.5 Å². The van der Waals surface area contributed by atoms with Crippen LogP contribution in [0.3, 0.4) is 0 Å². The van der Waals surface area contributed by atoms with Crippen LogP contribution in [-0.2, 0) is 11.3 Å². The van der Waals surface area contributed by atoms with Crippen LogP contribution >= 0.6 is 0 Å². The lowest BCUT2D eigenvalue weighted by Crippen LogP contribution is -2.53. The number of carbonyl (C=O) groups is 1. The van der Waals surface area contributed by atoms with E-state index in [0.717, 1.165) is 37.8 Å². The van der Waals surface area contributed by atoms with Gasteiger partial charge in [-0.2, -0.15) is 0 Å². The second kappa shape index (κ2) is 10.6. The summed E-state index contributed by atoms with van der Waals surface area (Å²) in [5.74, 6) is 2.06. The number of piperazine rings is 1. The zero-order chi connectivity index (χ0) is 19.6. The first-order valence-electron chi connectivity index (χ1n) is 9.74. The monoisotopic (exact) mass is 388 g/mol. The molecule has 8 nitrogen and oxygen atoms in total. The highest BCUT2D eigenvalue weighted by Crippen LogP contribution is 2.10. The van der Waals surface area contributed by atoms with Gasteiger partial charge in [-0.05, 0) is 37.6 Å². The Morgan fingerprint density at radius 3 is 2.57 bits per heavy atom. The molecule has 1 saturated heterocycles. The number of rotatable bonds is 8. The summed E-state index contributed by atoms with van der Waals surface area (Å²) in [4.78, 5) is 21.1. The fraction of sp³-hybridized carbons (Fsp3) is 0.500. The molecule has 1 fully saturated rings. The molecule has 0 aliphatic carbocycles. The minimum absolute atomic E-state index is 0.0553. The molecule has 8 heteroatoms. The van der Waals surface area contributed by atoms with Gasteiger partial charge in [0.05, 0.1) is 12.5 Å². The van der Waals surface area contributed by atoms with Crippen molar-refractivity contribution in [2.24, 2.45) is 4.99 Å². The van der Waals surface area contributed by atoms with E-state index in [4.69, 9.17) is 18.6 Å². The lowest BCUT2D eigenvalue weighted by molar-refractivity contribution is 0.0657. The van der Waals surface area contributed by atoms with E-state index in [1.807, 2.05) is 17.0 Å². The highest BCUT2D eigenvalue weighted by molar-refractivity contribution is 5.91. The molecule has 28 heavy (non-hydrogen) atoms. The first-order chi connectivity index (χ1) is 13.8. The van der Waals surface area contributed by atoms with Crippen LogP contribution in [0.25, 0.3) is 0 Å². The molecule has 0 bridgehead atoms. The van der Waals surface area contributed by atoms with Gasteiger partial charge in [0, 0.05) is 45.9 Å². The molecule has 0 radical (unpaired) electrons. The Bertz CT molecular complexity index is 719. The number of amides is 1. The van der Waals surface area contributed by atoms with E-state index >= 15 is 0 Å². The number of furan rings is 2. The molecule has 0 atom stereocenters. The first-order valence-corrected chi connectivity index (χ1v) is 9.74. The third kappa shape index (κ3) is 5.63. The second-order valence-electron chi connectivity index (χ2n) is 6.48. The van der Waals surface area contributed by atoms with Crippen molar-refractivity contribution in [1.29, 1.82) is 0 Å². The highest BCUT2D eigenvalue weighted by Gasteiger charge is 2.25. The summed E-state index contributed by atoms with van der Waals surface area (Å²) in [6.45, 7) is 7.45. The summed E-state index contributed by atoms with van der Waals surface area (Å²) in [6, 6.07) is 7.19. The van der Waals surface area contributed by atoms with Crippen LogP contribution in [0.15, 0.2) is 50.6 Å². The summed E-state index contributed by atoms with van der Waals surface area (Å²) < 4.78 is 16.0. The Balaban J connectivity index is 1.40. The van der Waals surface area contributed by atoms with Crippen molar-refractivity contribution >= 4 is 11.9 Å². The number of hydrogen-bond acceptors (Lipinski definition) is 5. The van der Waals surface area contributed by atoms with Gasteiger partial charge in [-0.15, -0.1) is 0 Å². The molecule has 1 N–H and O–H groups in total. The van der Waals surface area contributed by atoms with E-state index in [9.17, 15) is 4.79 Å². The van der Waals surface area contributed by atoms with Crippen molar-refractivity contribution < 1.29 is 18.4 Å². The summed E-state index contributed by atoms with van der Waals surface area (Å²) >= 11 is 0. The third-order valence-corrected chi connectivity index (χ3v) is 4.47. The van der Waals surface area contributed by atoms with Gasteiger partial charge < -0.3 is 28.7 Å². The van der Waals surface area contributed by atoms with E-state index in [2.05, 4.69) is 17.1 Å². The SMILES string of the molecule is CCNC(=NCCCOCc1ccco1)N1CCN(C(=O)c2ccco2)CC1. The van der Waals surface area contributed by atoms with Crippen molar-refractivity contribution in [3.63, 3.8) is 0 Å². The number of guanidine groups is 1. The summed E-state index contributed by atoms with van der Waals surface area (Å²) in [6.07, 6.45) is 4.01. The van der Waals surface area contributed by atoms with E-state index in [-0.39, 0.29) is 5.91 Å². The van der Waals surface area contributed by atoms with Crippen LogP contribution in [0.1, 0.15) is 29.7 Å². The standard InChI is InChI=1S/C20H28N4O4/c1-2-21-20(22-8-5-13-26-16-17-6-3-14-27-17)24-11-9-23(10-12-24)19(25)18-7-4-15-28-18/h3-4,6-7,14-15H,2,5,8-13,16H2,1H3,(H,21,22).